The Morgan fingerprint density at radius 1 is 1.46 bits per heavy atom. The van der Waals surface area contributed by atoms with Gasteiger partial charge in [-0.15, -0.1) is 0 Å². The van der Waals surface area contributed by atoms with Crippen LogP contribution < -0.4 is 5.32 Å². The number of piperidine rings is 1. The lowest BCUT2D eigenvalue weighted by Crippen LogP contribution is -2.31. The highest BCUT2D eigenvalue weighted by Gasteiger charge is 2.23. The van der Waals surface area contributed by atoms with E-state index in [4.69, 9.17) is 4.42 Å². The fourth-order valence-corrected chi connectivity index (χ4v) is 1.70. The fourth-order valence-electron chi connectivity index (χ4n) is 1.70. The maximum atomic E-state index is 11.7. The molecule has 70 valence electrons. The van der Waals surface area contributed by atoms with E-state index in [9.17, 15) is 4.79 Å². The lowest BCUT2D eigenvalue weighted by atomic mass is 9.92. The predicted molar refractivity (Wildman–Crippen MR) is 48.6 cm³/mol. The maximum absolute atomic E-state index is 11.7. The Morgan fingerprint density at radius 3 is 2.85 bits per heavy atom. The highest BCUT2D eigenvalue weighted by molar-refractivity contribution is 5.95. The summed E-state index contributed by atoms with van der Waals surface area (Å²) >= 11 is 0. The second-order valence-corrected chi connectivity index (χ2v) is 3.37. The first-order chi connectivity index (χ1) is 6.38. The van der Waals surface area contributed by atoms with Gasteiger partial charge >= 0.3 is 0 Å². The second kappa shape index (κ2) is 3.75. The smallest absolute Gasteiger partial charge is 0.201 e. The van der Waals surface area contributed by atoms with Gasteiger partial charge < -0.3 is 9.73 Å². The van der Waals surface area contributed by atoms with E-state index >= 15 is 0 Å². The molecule has 3 heteroatoms. The summed E-state index contributed by atoms with van der Waals surface area (Å²) in [6, 6.07) is 3.50. The molecule has 0 amide bonds. The molecule has 1 aliphatic heterocycles. The van der Waals surface area contributed by atoms with Gasteiger partial charge in [0, 0.05) is 5.92 Å². The number of rotatable bonds is 2. The van der Waals surface area contributed by atoms with Crippen LogP contribution in [0.5, 0.6) is 0 Å². The van der Waals surface area contributed by atoms with Crippen molar-refractivity contribution < 1.29 is 9.21 Å². The van der Waals surface area contributed by atoms with Gasteiger partial charge in [0.05, 0.1) is 6.26 Å². The van der Waals surface area contributed by atoms with Crippen LogP contribution in [0.2, 0.25) is 0 Å². The average Bonchev–Trinajstić information content (AvgIpc) is 2.71. The summed E-state index contributed by atoms with van der Waals surface area (Å²) in [6.45, 7) is 1.88. The van der Waals surface area contributed by atoms with Gasteiger partial charge in [-0.05, 0) is 38.1 Å². The topological polar surface area (TPSA) is 42.2 Å². The van der Waals surface area contributed by atoms with E-state index in [0.29, 0.717) is 5.76 Å². The van der Waals surface area contributed by atoms with Gasteiger partial charge in [-0.2, -0.15) is 0 Å². The molecule has 2 rings (SSSR count). The van der Waals surface area contributed by atoms with Gasteiger partial charge in [0.15, 0.2) is 5.76 Å². The first-order valence-electron chi connectivity index (χ1n) is 4.66. The summed E-state index contributed by atoms with van der Waals surface area (Å²) in [4.78, 5) is 11.7. The van der Waals surface area contributed by atoms with Gasteiger partial charge in [-0.25, -0.2) is 0 Å². The zero-order chi connectivity index (χ0) is 9.10. The molecule has 0 radical (unpaired) electrons. The Hall–Kier alpha value is -1.09. The van der Waals surface area contributed by atoms with E-state index < -0.39 is 0 Å². The van der Waals surface area contributed by atoms with Crippen molar-refractivity contribution in [3.8, 4) is 0 Å². The molecule has 1 saturated heterocycles. The molecule has 1 aromatic heterocycles. The van der Waals surface area contributed by atoms with Gasteiger partial charge in [0.25, 0.3) is 0 Å². The molecule has 1 aromatic rings. The first kappa shape index (κ1) is 8.51. The van der Waals surface area contributed by atoms with Crippen LogP contribution in [0, 0.1) is 5.92 Å². The van der Waals surface area contributed by atoms with Crippen molar-refractivity contribution in [3.05, 3.63) is 24.2 Å². The Kier molecular flexibility index (Phi) is 2.45. The van der Waals surface area contributed by atoms with Crippen LogP contribution in [-0.2, 0) is 0 Å². The summed E-state index contributed by atoms with van der Waals surface area (Å²) < 4.78 is 5.08. The summed E-state index contributed by atoms with van der Waals surface area (Å²) in [7, 11) is 0. The third-order valence-electron chi connectivity index (χ3n) is 2.47. The lowest BCUT2D eigenvalue weighted by Gasteiger charge is -2.20. The number of carbonyl (C=O) groups excluding carboxylic acids is 1. The number of carbonyl (C=O) groups is 1. The molecule has 0 unspecified atom stereocenters. The van der Waals surface area contributed by atoms with E-state index in [2.05, 4.69) is 5.32 Å². The van der Waals surface area contributed by atoms with Crippen LogP contribution in [0.3, 0.4) is 0 Å². The maximum Gasteiger partial charge on any atom is 0.201 e. The second-order valence-electron chi connectivity index (χ2n) is 3.37. The third kappa shape index (κ3) is 1.80. The molecule has 0 aliphatic carbocycles. The van der Waals surface area contributed by atoms with Gasteiger partial charge in [0.2, 0.25) is 5.78 Å². The zero-order valence-electron chi connectivity index (χ0n) is 7.45. The Balaban J connectivity index is 2.04. The standard InChI is InChI=1S/C10H13NO2/c12-10(9-2-1-7-13-9)8-3-5-11-6-4-8/h1-2,7-8,11H,3-6H2. The normalized spacial score (nSPS) is 18.8. The van der Waals surface area contributed by atoms with Crippen molar-refractivity contribution in [2.45, 2.75) is 12.8 Å². The fraction of sp³-hybridized carbons (Fsp3) is 0.500. The molecule has 0 bridgehead atoms. The van der Waals surface area contributed by atoms with Crippen molar-refractivity contribution in [3.63, 3.8) is 0 Å². The van der Waals surface area contributed by atoms with E-state index in [1.54, 1.807) is 18.4 Å². The van der Waals surface area contributed by atoms with Gasteiger partial charge in [-0.3, -0.25) is 4.79 Å². The van der Waals surface area contributed by atoms with E-state index in [1.807, 2.05) is 0 Å². The number of nitrogens with one attached hydrogen (secondary N) is 1. The molecule has 0 aromatic carbocycles. The summed E-state index contributed by atoms with van der Waals surface area (Å²) in [5.74, 6) is 0.825. The Morgan fingerprint density at radius 2 is 2.23 bits per heavy atom. The highest BCUT2D eigenvalue weighted by Crippen LogP contribution is 2.18. The minimum atomic E-state index is 0.159. The first-order valence-corrected chi connectivity index (χ1v) is 4.66. The van der Waals surface area contributed by atoms with Crippen molar-refractivity contribution >= 4 is 5.78 Å². The van der Waals surface area contributed by atoms with Crippen molar-refractivity contribution in [2.24, 2.45) is 5.92 Å². The molecule has 0 saturated carbocycles. The molecule has 0 atom stereocenters. The molecule has 13 heavy (non-hydrogen) atoms. The van der Waals surface area contributed by atoms with Crippen LogP contribution >= 0.6 is 0 Å². The van der Waals surface area contributed by atoms with Crippen LogP contribution in [0.25, 0.3) is 0 Å². The molecule has 1 fully saturated rings. The number of ketones is 1. The van der Waals surface area contributed by atoms with Crippen LogP contribution in [-0.4, -0.2) is 18.9 Å². The Labute approximate surface area is 77.1 Å². The number of Topliss-reactive ketones (excluding diaryl/α,β-unsaturated/α-hetero) is 1. The van der Waals surface area contributed by atoms with E-state index in [-0.39, 0.29) is 11.7 Å². The van der Waals surface area contributed by atoms with Crippen molar-refractivity contribution in [2.75, 3.05) is 13.1 Å². The number of hydrogen-bond donors (Lipinski definition) is 1. The van der Waals surface area contributed by atoms with Crippen LogP contribution in [0.1, 0.15) is 23.4 Å². The lowest BCUT2D eigenvalue weighted by molar-refractivity contribution is 0.0866. The largest absolute Gasteiger partial charge is 0.461 e. The number of hydrogen-bond acceptors (Lipinski definition) is 3. The molecule has 2 heterocycles. The average molecular weight is 179 g/mol. The SMILES string of the molecule is O=C(c1ccco1)C1CCNCC1. The monoisotopic (exact) mass is 179 g/mol. The van der Waals surface area contributed by atoms with Crippen LogP contribution in [0.15, 0.2) is 22.8 Å². The van der Waals surface area contributed by atoms with Gasteiger partial charge in [0.1, 0.15) is 0 Å². The molecular weight excluding hydrogens is 166 g/mol. The highest BCUT2D eigenvalue weighted by atomic mass is 16.3. The molecule has 3 nitrogen and oxygen atoms in total. The summed E-state index contributed by atoms with van der Waals surface area (Å²) in [5, 5.41) is 3.23. The van der Waals surface area contributed by atoms with E-state index in [0.717, 1.165) is 25.9 Å². The molecular formula is C10H13NO2. The summed E-state index contributed by atoms with van der Waals surface area (Å²) in [5.41, 5.74) is 0. The molecule has 1 N–H and O–H groups in total. The minimum Gasteiger partial charge on any atom is -0.461 e. The molecule has 0 spiro atoms. The van der Waals surface area contributed by atoms with E-state index in [1.165, 1.54) is 0 Å². The zero-order valence-corrected chi connectivity index (χ0v) is 7.45. The summed E-state index contributed by atoms with van der Waals surface area (Å²) in [6.07, 6.45) is 3.41. The quantitative estimate of drug-likeness (QED) is 0.699. The Bertz CT molecular complexity index is 273. The predicted octanol–water partition coefficient (Wildman–Crippen LogP) is 1.46. The van der Waals surface area contributed by atoms with Crippen molar-refractivity contribution in [1.82, 2.24) is 5.32 Å². The van der Waals surface area contributed by atoms with Crippen molar-refractivity contribution in [1.29, 1.82) is 0 Å². The number of furan rings is 1. The molecule has 1 aliphatic rings. The van der Waals surface area contributed by atoms with Crippen LogP contribution in [0.4, 0.5) is 0 Å². The minimum absolute atomic E-state index is 0.159. The van der Waals surface area contributed by atoms with Gasteiger partial charge in [-0.1, -0.05) is 0 Å². The third-order valence-corrected chi connectivity index (χ3v) is 2.47.